The Bertz CT molecular complexity index is 528. The second kappa shape index (κ2) is 4.86. The van der Waals surface area contributed by atoms with E-state index in [1.54, 1.807) is 22.6 Å². The Morgan fingerprint density at radius 1 is 1.65 bits per heavy atom. The van der Waals surface area contributed by atoms with Crippen molar-refractivity contribution >= 4 is 22.6 Å². The molecule has 1 aromatic heterocycles. The van der Waals surface area contributed by atoms with Gasteiger partial charge in [0, 0.05) is 12.6 Å². The summed E-state index contributed by atoms with van der Waals surface area (Å²) < 4.78 is 20.1. The largest absolute Gasteiger partial charge is 0.394 e. The highest BCUT2D eigenvalue weighted by atomic mass is 127. The van der Waals surface area contributed by atoms with E-state index in [0.717, 1.165) is 4.57 Å². The molecule has 8 heteroatoms. The molecule has 0 aliphatic carbocycles. The zero-order valence-corrected chi connectivity index (χ0v) is 10.8. The van der Waals surface area contributed by atoms with Gasteiger partial charge < -0.3 is 9.84 Å². The molecule has 0 bridgehead atoms. The lowest BCUT2D eigenvalue weighted by atomic mass is 10.2. The van der Waals surface area contributed by atoms with Crippen molar-refractivity contribution in [2.75, 3.05) is 6.61 Å². The minimum atomic E-state index is -1.38. The molecule has 6 nitrogen and oxygen atoms in total. The van der Waals surface area contributed by atoms with Crippen molar-refractivity contribution in [3.8, 4) is 0 Å². The summed E-state index contributed by atoms with van der Waals surface area (Å²) in [4.78, 5) is 24.7. The van der Waals surface area contributed by atoms with Crippen LogP contribution in [0.4, 0.5) is 4.39 Å². The number of halogens is 2. The van der Waals surface area contributed by atoms with Gasteiger partial charge in [-0.3, -0.25) is 14.3 Å². The van der Waals surface area contributed by atoms with E-state index in [2.05, 4.69) is 4.98 Å². The van der Waals surface area contributed by atoms with Crippen LogP contribution < -0.4 is 11.2 Å². The fourth-order valence-corrected chi connectivity index (χ4v) is 2.15. The number of aromatic amines is 1. The molecule has 94 valence electrons. The van der Waals surface area contributed by atoms with Crippen LogP contribution in [-0.2, 0) is 4.74 Å². The zero-order valence-electron chi connectivity index (χ0n) is 8.60. The summed E-state index contributed by atoms with van der Waals surface area (Å²) in [6, 6.07) is 0. The third-order valence-corrected chi connectivity index (χ3v) is 3.30. The van der Waals surface area contributed by atoms with Gasteiger partial charge in [-0.15, -0.1) is 0 Å². The Morgan fingerprint density at radius 3 is 2.94 bits per heavy atom. The average molecular weight is 356 g/mol. The van der Waals surface area contributed by atoms with Crippen molar-refractivity contribution in [1.29, 1.82) is 0 Å². The maximum Gasteiger partial charge on any atom is 0.330 e. The van der Waals surface area contributed by atoms with E-state index in [4.69, 9.17) is 9.84 Å². The molecule has 1 saturated heterocycles. The van der Waals surface area contributed by atoms with E-state index in [1.165, 1.54) is 6.20 Å². The van der Waals surface area contributed by atoms with Gasteiger partial charge in [0.25, 0.3) is 5.56 Å². The van der Waals surface area contributed by atoms with Crippen molar-refractivity contribution in [3.63, 3.8) is 0 Å². The third-order valence-electron chi connectivity index (χ3n) is 2.53. The second-order valence-electron chi connectivity index (χ2n) is 3.73. The summed E-state index contributed by atoms with van der Waals surface area (Å²) in [6.07, 6.45) is -1.81. The lowest BCUT2D eigenvalue weighted by molar-refractivity contribution is -0.0395. The molecule has 0 amide bonds. The molecule has 0 radical (unpaired) electrons. The van der Waals surface area contributed by atoms with E-state index in [1.807, 2.05) is 0 Å². The topological polar surface area (TPSA) is 84.3 Å². The van der Waals surface area contributed by atoms with Crippen LogP contribution >= 0.6 is 22.6 Å². The normalized spacial score (nSPS) is 28.5. The molecule has 0 spiro atoms. The number of H-pyrrole nitrogens is 1. The molecular weight excluding hydrogens is 346 g/mol. The lowest BCUT2D eigenvalue weighted by Gasteiger charge is -2.16. The number of rotatable bonds is 2. The molecule has 2 heterocycles. The van der Waals surface area contributed by atoms with Crippen LogP contribution in [0.25, 0.3) is 0 Å². The minimum absolute atomic E-state index is 0.0311. The first-order valence-corrected chi connectivity index (χ1v) is 6.02. The standard InChI is InChI=1S/C9H10FIN2O4/c10-5-1-4(3-14)17-8(5)13-2-6(11)7(15)12-9(13)16/h2,4-5,8,14H,1,3H2,(H,12,15,16)/t4-,5+,8+/m0/s1. The number of aromatic nitrogens is 2. The first-order chi connectivity index (χ1) is 8.02. The smallest absolute Gasteiger partial charge is 0.330 e. The van der Waals surface area contributed by atoms with Crippen LogP contribution in [0.2, 0.25) is 0 Å². The van der Waals surface area contributed by atoms with E-state index in [9.17, 15) is 14.0 Å². The number of nitrogens with one attached hydrogen (secondary N) is 1. The van der Waals surface area contributed by atoms with E-state index >= 15 is 0 Å². The first-order valence-electron chi connectivity index (χ1n) is 4.94. The van der Waals surface area contributed by atoms with Gasteiger partial charge in [-0.2, -0.15) is 0 Å². The van der Waals surface area contributed by atoms with Crippen LogP contribution in [0.15, 0.2) is 15.8 Å². The predicted molar refractivity (Wildman–Crippen MR) is 64.5 cm³/mol. The SMILES string of the molecule is O=c1[nH]c(=O)n([C@@H]2O[C@H](CO)C[C@H]2F)cc1I. The Morgan fingerprint density at radius 2 is 2.35 bits per heavy atom. The van der Waals surface area contributed by atoms with Gasteiger partial charge >= 0.3 is 5.69 Å². The number of ether oxygens (including phenoxy) is 1. The quantitative estimate of drug-likeness (QED) is 0.717. The van der Waals surface area contributed by atoms with E-state index in [0.29, 0.717) is 0 Å². The molecule has 2 rings (SSSR count). The molecule has 3 atom stereocenters. The third kappa shape index (κ3) is 2.43. The average Bonchev–Trinajstić information content (AvgIpc) is 2.65. The summed E-state index contributed by atoms with van der Waals surface area (Å²) >= 11 is 1.74. The summed E-state index contributed by atoms with van der Waals surface area (Å²) in [5.74, 6) is 0. The number of hydrogen-bond donors (Lipinski definition) is 2. The van der Waals surface area contributed by atoms with Crippen molar-refractivity contribution in [3.05, 3.63) is 30.6 Å². The number of alkyl halides is 1. The summed E-state index contributed by atoms with van der Waals surface area (Å²) in [7, 11) is 0. The van der Waals surface area contributed by atoms with Gasteiger partial charge in [0.15, 0.2) is 6.23 Å². The fourth-order valence-electron chi connectivity index (χ4n) is 1.71. The van der Waals surface area contributed by atoms with Crippen LogP contribution in [0, 0.1) is 3.57 Å². The van der Waals surface area contributed by atoms with Crippen LogP contribution in [-0.4, -0.2) is 33.5 Å². The monoisotopic (exact) mass is 356 g/mol. The minimum Gasteiger partial charge on any atom is -0.394 e. The zero-order chi connectivity index (χ0) is 12.6. The summed E-state index contributed by atoms with van der Waals surface area (Å²) in [6.45, 7) is -0.299. The molecule has 17 heavy (non-hydrogen) atoms. The highest BCUT2D eigenvalue weighted by Crippen LogP contribution is 2.29. The van der Waals surface area contributed by atoms with Crippen molar-refractivity contribution in [1.82, 2.24) is 9.55 Å². The van der Waals surface area contributed by atoms with Crippen molar-refractivity contribution in [2.45, 2.75) is 24.9 Å². The second-order valence-corrected chi connectivity index (χ2v) is 4.89. The Hall–Kier alpha value is -0.740. The maximum atomic E-state index is 13.6. The van der Waals surface area contributed by atoms with Crippen LogP contribution in [0.3, 0.4) is 0 Å². The molecule has 0 unspecified atom stereocenters. The molecule has 2 N–H and O–H groups in total. The van der Waals surface area contributed by atoms with Crippen LogP contribution in [0.5, 0.6) is 0 Å². The van der Waals surface area contributed by atoms with E-state index < -0.39 is 29.8 Å². The maximum absolute atomic E-state index is 13.6. The molecule has 0 aromatic carbocycles. The Balaban J connectivity index is 2.38. The number of hydrogen-bond acceptors (Lipinski definition) is 4. The van der Waals surface area contributed by atoms with Gasteiger partial charge in [0.1, 0.15) is 6.17 Å². The Labute approximate surface area is 109 Å². The molecule has 0 saturated carbocycles. The highest BCUT2D eigenvalue weighted by Gasteiger charge is 2.37. The van der Waals surface area contributed by atoms with Gasteiger partial charge in [0.2, 0.25) is 0 Å². The lowest BCUT2D eigenvalue weighted by Crippen LogP contribution is -2.35. The van der Waals surface area contributed by atoms with Gasteiger partial charge in [-0.05, 0) is 22.6 Å². The van der Waals surface area contributed by atoms with Gasteiger partial charge in [0.05, 0.1) is 16.3 Å². The van der Waals surface area contributed by atoms with Crippen LogP contribution in [0.1, 0.15) is 12.6 Å². The molecule has 1 fully saturated rings. The summed E-state index contributed by atoms with van der Waals surface area (Å²) in [5.41, 5.74) is -1.24. The first kappa shape index (κ1) is 12.7. The Kier molecular flexibility index (Phi) is 3.64. The van der Waals surface area contributed by atoms with E-state index in [-0.39, 0.29) is 16.6 Å². The molecular formula is C9H10FIN2O4. The molecule has 1 aliphatic heterocycles. The van der Waals surface area contributed by atoms with Gasteiger partial charge in [-0.25, -0.2) is 9.18 Å². The number of nitrogens with zero attached hydrogens (tertiary/aromatic N) is 1. The molecule has 1 aliphatic rings. The van der Waals surface area contributed by atoms with Crippen molar-refractivity contribution in [2.24, 2.45) is 0 Å². The number of aliphatic hydroxyl groups is 1. The van der Waals surface area contributed by atoms with Crippen molar-refractivity contribution < 1.29 is 14.2 Å². The molecule has 1 aromatic rings. The van der Waals surface area contributed by atoms with Gasteiger partial charge in [-0.1, -0.05) is 0 Å². The summed E-state index contributed by atoms with van der Waals surface area (Å²) in [5, 5.41) is 8.88. The fraction of sp³-hybridized carbons (Fsp3) is 0.556. The predicted octanol–water partition coefficient (Wildman–Crippen LogP) is -0.241. The highest BCUT2D eigenvalue weighted by molar-refractivity contribution is 14.1. The number of aliphatic hydroxyl groups excluding tert-OH is 1.